The predicted molar refractivity (Wildman–Crippen MR) is 131 cm³/mol. The quantitative estimate of drug-likeness (QED) is 0.429. The Morgan fingerprint density at radius 1 is 0.857 bits per heavy atom. The van der Waals surface area contributed by atoms with Crippen LogP contribution in [0, 0.1) is 6.92 Å². The summed E-state index contributed by atoms with van der Waals surface area (Å²) in [5.74, 6) is -0.802. The lowest BCUT2D eigenvalue weighted by molar-refractivity contribution is -0.149. The monoisotopic (exact) mass is 476 g/mol. The van der Waals surface area contributed by atoms with Crippen molar-refractivity contribution in [3.63, 3.8) is 0 Å². The molecule has 182 valence electrons. The predicted octanol–water partition coefficient (Wildman–Crippen LogP) is 4.02. The van der Waals surface area contributed by atoms with Crippen molar-refractivity contribution in [3.05, 3.63) is 95.6 Å². The van der Waals surface area contributed by atoms with E-state index >= 15 is 0 Å². The maximum Gasteiger partial charge on any atom is 0.408 e. The van der Waals surface area contributed by atoms with E-state index in [0.717, 1.165) is 16.7 Å². The van der Waals surface area contributed by atoms with Gasteiger partial charge in [0.15, 0.2) is 6.61 Å². The van der Waals surface area contributed by atoms with E-state index in [9.17, 15) is 14.4 Å². The Morgan fingerprint density at radius 3 is 2.17 bits per heavy atom. The minimum Gasteiger partial charge on any atom is -0.495 e. The summed E-state index contributed by atoms with van der Waals surface area (Å²) in [6.45, 7) is 1.41. The van der Waals surface area contributed by atoms with Crippen LogP contribution in [0.25, 0.3) is 0 Å². The number of amides is 2. The highest BCUT2D eigenvalue weighted by atomic mass is 16.6. The lowest BCUT2D eigenvalue weighted by atomic mass is 10.1. The van der Waals surface area contributed by atoms with Crippen LogP contribution < -0.4 is 15.4 Å². The van der Waals surface area contributed by atoms with Crippen molar-refractivity contribution in [2.75, 3.05) is 19.0 Å². The fourth-order valence-corrected chi connectivity index (χ4v) is 3.29. The Bertz CT molecular complexity index is 1130. The number of aryl methyl sites for hydroxylation is 1. The number of rotatable bonds is 10. The number of esters is 1. The summed E-state index contributed by atoms with van der Waals surface area (Å²) < 4.78 is 15.7. The second-order valence-electron chi connectivity index (χ2n) is 7.81. The largest absolute Gasteiger partial charge is 0.495 e. The molecule has 0 unspecified atom stereocenters. The first-order chi connectivity index (χ1) is 16.9. The van der Waals surface area contributed by atoms with Crippen LogP contribution in [0.3, 0.4) is 0 Å². The molecule has 0 radical (unpaired) electrons. The normalized spacial score (nSPS) is 11.1. The molecule has 0 aliphatic heterocycles. The minimum atomic E-state index is -1.04. The van der Waals surface area contributed by atoms with E-state index in [2.05, 4.69) is 10.6 Å². The van der Waals surface area contributed by atoms with Gasteiger partial charge >= 0.3 is 12.1 Å². The van der Waals surface area contributed by atoms with Gasteiger partial charge in [0.2, 0.25) is 0 Å². The Labute approximate surface area is 204 Å². The number of anilines is 1. The van der Waals surface area contributed by atoms with E-state index in [0.29, 0.717) is 11.4 Å². The third-order valence-electron chi connectivity index (χ3n) is 5.05. The molecule has 8 nitrogen and oxygen atoms in total. The molecule has 35 heavy (non-hydrogen) atoms. The van der Waals surface area contributed by atoms with Crippen molar-refractivity contribution in [3.8, 4) is 5.75 Å². The van der Waals surface area contributed by atoms with E-state index in [1.54, 1.807) is 12.1 Å². The molecule has 0 heterocycles. The number of methoxy groups -OCH3 is 1. The molecule has 2 amide bonds. The fraction of sp³-hybridized carbons (Fsp3) is 0.222. The summed E-state index contributed by atoms with van der Waals surface area (Å²) in [4.78, 5) is 37.6. The van der Waals surface area contributed by atoms with Gasteiger partial charge in [-0.3, -0.25) is 4.79 Å². The molecule has 2 N–H and O–H groups in total. The van der Waals surface area contributed by atoms with Crippen LogP contribution in [0.1, 0.15) is 16.7 Å². The zero-order valence-electron chi connectivity index (χ0n) is 19.7. The topological polar surface area (TPSA) is 103 Å². The smallest absolute Gasteiger partial charge is 0.408 e. The molecular weight excluding hydrogens is 448 g/mol. The van der Waals surface area contributed by atoms with Crippen molar-refractivity contribution in [1.29, 1.82) is 0 Å². The van der Waals surface area contributed by atoms with Gasteiger partial charge in [0, 0.05) is 6.42 Å². The highest BCUT2D eigenvalue weighted by molar-refractivity contribution is 5.94. The van der Waals surface area contributed by atoms with Gasteiger partial charge < -0.3 is 24.8 Å². The number of carbonyl (C=O) groups is 3. The van der Waals surface area contributed by atoms with Gasteiger partial charge in [0.1, 0.15) is 18.4 Å². The third-order valence-corrected chi connectivity index (χ3v) is 5.05. The number of nitrogens with one attached hydrogen (secondary N) is 2. The highest BCUT2D eigenvalue weighted by Gasteiger charge is 2.24. The first kappa shape index (κ1) is 25.3. The second kappa shape index (κ2) is 12.8. The van der Waals surface area contributed by atoms with Gasteiger partial charge in [-0.05, 0) is 35.7 Å². The van der Waals surface area contributed by atoms with E-state index < -0.39 is 30.6 Å². The lowest BCUT2D eigenvalue weighted by Gasteiger charge is -2.18. The van der Waals surface area contributed by atoms with E-state index in [1.807, 2.05) is 73.7 Å². The number of ether oxygens (including phenoxy) is 3. The summed E-state index contributed by atoms with van der Waals surface area (Å²) in [5, 5.41) is 5.22. The van der Waals surface area contributed by atoms with Gasteiger partial charge in [0.25, 0.3) is 5.91 Å². The maximum absolute atomic E-state index is 12.8. The molecule has 3 aromatic carbocycles. The van der Waals surface area contributed by atoms with Crippen LogP contribution in [0.15, 0.2) is 78.9 Å². The van der Waals surface area contributed by atoms with Crippen LogP contribution in [0.5, 0.6) is 5.75 Å². The van der Waals surface area contributed by atoms with Crippen molar-refractivity contribution < 1.29 is 28.6 Å². The van der Waals surface area contributed by atoms with Crippen molar-refractivity contribution in [2.24, 2.45) is 0 Å². The lowest BCUT2D eigenvalue weighted by Crippen LogP contribution is -2.44. The minimum absolute atomic E-state index is 0.0561. The summed E-state index contributed by atoms with van der Waals surface area (Å²) in [6.07, 6.45) is -0.589. The van der Waals surface area contributed by atoms with Crippen molar-refractivity contribution in [2.45, 2.75) is 26.0 Å². The standard InChI is InChI=1S/C27H28N2O6/c1-19-13-14-24(33-2)22(15-19)28-25(30)18-34-26(31)23(16-20-9-5-3-6-10-20)29-27(32)35-17-21-11-7-4-8-12-21/h3-15,23H,16-18H2,1-2H3,(H,28,30)(H,29,32)/t23-/m1/s1. The van der Waals surface area contributed by atoms with E-state index in [-0.39, 0.29) is 13.0 Å². The molecule has 0 fully saturated rings. The third kappa shape index (κ3) is 8.19. The molecule has 0 saturated heterocycles. The Morgan fingerprint density at radius 2 is 1.51 bits per heavy atom. The zero-order valence-corrected chi connectivity index (χ0v) is 19.7. The van der Waals surface area contributed by atoms with Gasteiger partial charge in [-0.15, -0.1) is 0 Å². The Hall–Kier alpha value is -4.33. The fourth-order valence-electron chi connectivity index (χ4n) is 3.29. The number of carbonyl (C=O) groups excluding carboxylic acids is 3. The van der Waals surface area contributed by atoms with Crippen LogP contribution in [-0.4, -0.2) is 37.7 Å². The summed E-state index contributed by atoms with van der Waals surface area (Å²) in [6, 6.07) is 22.6. The molecular formula is C27H28N2O6. The Kier molecular flexibility index (Phi) is 9.24. The van der Waals surface area contributed by atoms with Crippen LogP contribution >= 0.6 is 0 Å². The first-order valence-electron chi connectivity index (χ1n) is 11.1. The molecule has 8 heteroatoms. The van der Waals surface area contributed by atoms with Gasteiger partial charge in [-0.1, -0.05) is 66.7 Å². The van der Waals surface area contributed by atoms with Crippen LogP contribution in [-0.2, 0) is 32.1 Å². The zero-order chi connectivity index (χ0) is 25.0. The molecule has 0 bridgehead atoms. The van der Waals surface area contributed by atoms with Crippen molar-refractivity contribution >= 4 is 23.7 Å². The summed E-state index contributed by atoms with van der Waals surface area (Å²) in [7, 11) is 1.50. The molecule has 0 aromatic heterocycles. The number of benzene rings is 3. The molecule has 0 saturated carbocycles. The average Bonchev–Trinajstić information content (AvgIpc) is 2.87. The van der Waals surface area contributed by atoms with Gasteiger partial charge in [-0.25, -0.2) is 9.59 Å². The summed E-state index contributed by atoms with van der Waals surface area (Å²) in [5.41, 5.74) is 3.02. The van der Waals surface area contributed by atoms with Gasteiger partial charge in [-0.2, -0.15) is 0 Å². The highest BCUT2D eigenvalue weighted by Crippen LogP contribution is 2.25. The number of hydrogen-bond donors (Lipinski definition) is 2. The molecule has 0 aliphatic carbocycles. The van der Waals surface area contributed by atoms with E-state index in [4.69, 9.17) is 14.2 Å². The SMILES string of the molecule is COc1ccc(C)cc1NC(=O)COC(=O)[C@@H](Cc1ccccc1)NC(=O)OCc1ccccc1. The molecule has 3 aromatic rings. The van der Waals surface area contributed by atoms with E-state index in [1.165, 1.54) is 7.11 Å². The molecule has 0 aliphatic rings. The van der Waals surface area contributed by atoms with Gasteiger partial charge in [0.05, 0.1) is 12.8 Å². The second-order valence-corrected chi connectivity index (χ2v) is 7.81. The average molecular weight is 477 g/mol. The summed E-state index contributed by atoms with van der Waals surface area (Å²) >= 11 is 0. The number of alkyl carbamates (subject to hydrolysis) is 1. The van der Waals surface area contributed by atoms with Crippen LogP contribution in [0.2, 0.25) is 0 Å². The maximum atomic E-state index is 12.8. The Balaban J connectivity index is 1.59. The molecule has 1 atom stereocenters. The first-order valence-corrected chi connectivity index (χ1v) is 11.1. The van der Waals surface area contributed by atoms with Crippen LogP contribution in [0.4, 0.5) is 10.5 Å². The van der Waals surface area contributed by atoms with Crippen molar-refractivity contribution in [1.82, 2.24) is 5.32 Å². The number of hydrogen-bond acceptors (Lipinski definition) is 6. The molecule has 0 spiro atoms. The molecule has 3 rings (SSSR count).